The minimum atomic E-state index is -0.522. The minimum Gasteiger partial charge on any atom is -0.457 e. The van der Waals surface area contributed by atoms with Crippen molar-refractivity contribution in [2.45, 2.75) is 12.5 Å². The second-order valence-electron chi connectivity index (χ2n) is 7.20. The van der Waals surface area contributed by atoms with Crippen LogP contribution in [0.25, 0.3) is 10.2 Å². The Bertz CT molecular complexity index is 1310. The van der Waals surface area contributed by atoms with Gasteiger partial charge < -0.3 is 14.0 Å². The van der Waals surface area contributed by atoms with Crippen LogP contribution in [0.1, 0.15) is 17.0 Å². The van der Waals surface area contributed by atoms with Crippen LogP contribution in [-0.4, -0.2) is 24.2 Å². The summed E-state index contributed by atoms with van der Waals surface area (Å²) < 4.78 is 14.3. The minimum absolute atomic E-state index is 0.230. The molecule has 5 rings (SSSR count). The molecule has 0 aliphatic carbocycles. The summed E-state index contributed by atoms with van der Waals surface area (Å²) in [6.45, 7) is 1.10. The first-order valence-corrected chi connectivity index (χ1v) is 11.1. The van der Waals surface area contributed by atoms with Crippen LogP contribution in [0.15, 0.2) is 71.7 Å². The highest BCUT2D eigenvalue weighted by molar-refractivity contribution is 7.16. The van der Waals surface area contributed by atoms with Gasteiger partial charge in [-0.05, 0) is 30.3 Å². The first-order valence-electron chi connectivity index (χ1n) is 9.88. The number of thiazole rings is 1. The molecule has 7 heteroatoms. The van der Waals surface area contributed by atoms with Gasteiger partial charge >= 0.3 is 0 Å². The Kier molecular flexibility index (Phi) is 5.36. The van der Waals surface area contributed by atoms with Crippen LogP contribution in [0, 0.1) is 0 Å². The molecule has 1 aliphatic heterocycles. The summed E-state index contributed by atoms with van der Waals surface area (Å²) >= 11 is 7.63. The molecule has 2 heterocycles. The van der Waals surface area contributed by atoms with Crippen molar-refractivity contribution < 1.29 is 14.3 Å². The number of ether oxygens (including phenoxy) is 2. The van der Waals surface area contributed by atoms with E-state index >= 15 is 0 Å². The molecule has 0 atom stereocenters. The highest BCUT2D eigenvalue weighted by atomic mass is 35.5. The molecule has 156 valence electrons. The zero-order valence-electron chi connectivity index (χ0n) is 16.7. The number of carbonyl (C=O) groups is 1. The predicted molar refractivity (Wildman–Crippen MR) is 122 cm³/mol. The molecule has 5 nitrogen and oxygen atoms in total. The van der Waals surface area contributed by atoms with Crippen LogP contribution in [0.2, 0.25) is 5.02 Å². The molecule has 0 saturated heterocycles. The van der Waals surface area contributed by atoms with Crippen LogP contribution < -0.4 is 9.54 Å². The molecular weight excluding hydrogens is 432 g/mol. The molecule has 0 radical (unpaired) electrons. The number of carbonyl (C=O) groups excluding carboxylic acids is 1. The smallest absolute Gasteiger partial charge is 0.260 e. The first-order chi connectivity index (χ1) is 15.2. The largest absolute Gasteiger partial charge is 0.457 e. The molecule has 0 spiro atoms. The molecule has 0 unspecified atom stereocenters. The van der Waals surface area contributed by atoms with Gasteiger partial charge in [-0.3, -0.25) is 4.79 Å². The third-order valence-electron chi connectivity index (χ3n) is 5.30. The fourth-order valence-corrected chi connectivity index (χ4v) is 5.20. The maximum Gasteiger partial charge on any atom is 0.260 e. The van der Waals surface area contributed by atoms with E-state index in [1.54, 1.807) is 7.11 Å². The Morgan fingerprint density at radius 2 is 1.77 bits per heavy atom. The van der Waals surface area contributed by atoms with E-state index in [1.807, 2.05) is 71.3 Å². The number of aromatic nitrogens is 1. The molecule has 1 amide bonds. The summed E-state index contributed by atoms with van der Waals surface area (Å²) in [4.78, 5) is 18.8. The van der Waals surface area contributed by atoms with Gasteiger partial charge in [0.05, 0.1) is 22.7 Å². The third-order valence-corrected chi connectivity index (χ3v) is 6.57. The van der Waals surface area contributed by atoms with Crippen molar-refractivity contribution in [3.63, 3.8) is 0 Å². The fraction of sp³-hybridized carbons (Fsp3) is 0.167. The molecule has 0 fully saturated rings. The van der Waals surface area contributed by atoms with Gasteiger partial charge in [0, 0.05) is 29.8 Å². The second-order valence-corrected chi connectivity index (χ2v) is 8.65. The van der Waals surface area contributed by atoms with Crippen molar-refractivity contribution in [3.05, 3.63) is 87.7 Å². The van der Waals surface area contributed by atoms with Gasteiger partial charge in [-0.15, -0.1) is 0 Å². The van der Waals surface area contributed by atoms with E-state index in [2.05, 4.69) is 4.99 Å². The summed E-state index contributed by atoms with van der Waals surface area (Å²) in [6, 6.07) is 20.9. The molecule has 31 heavy (non-hydrogen) atoms. The fourth-order valence-electron chi connectivity index (χ4n) is 3.87. The molecule has 0 bridgehead atoms. The third kappa shape index (κ3) is 3.67. The number of rotatable bonds is 4. The van der Waals surface area contributed by atoms with Crippen molar-refractivity contribution >= 4 is 39.1 Å². The zero-order valence-corrected chi connectivity index (χ0v) is 18.3. The van der Waals surface area contributed by atoms with Gasteiger partial charge in [-0.25, -0.2) is 0 Å². The average Bonchev–Trinajstić information content (AvgIpc) is 3.11. The van der Waals surface area contributed by atoms with Crippen LogP contribution >= 0.6 is 22.9 Å². The van der Waals surface area contributed by atoms with Crippen molar-refractivity contribution in [2.75, 3.05) is 13.7 Å². The van der Waals surface area contributed by atoms with E-state index in [1.165, 1.54) is 11.3 Å². The zero-order chi connectivity index (χ0) is 21.4. The van der Waals surface area contributed by atoms with E-state index < -0.39 is 5.92 Å². The van der Waals surface area contributed by atoms with E-state index in [4.69, 9.17) is 21.1 Å². The predicted octanol–water partition coefficient (Wildman–Crippen LogP) is 5.37. The topological polar surface area (TPSA) is 52.8 Å². The Hall–Kier alpha value is -2.93. The maximum atomic E-state index is 13.6. The van der Waals surface area contributed by atoms with Crippen LogP contribution in [-0.2, 0) is 16.1 Å². The maximum absolute atomic E-state index is 13.6. The highest BCUT2D eigenvalue weighted by Crippen LogP contribution is 2.44. The molecule has 1 aromatic heterocycles. The molecule has 0 saturated carbocycles. The normalized spacial score (nSPS) is 13.7. The number of fused-ring (bicyclic) bond motifs is 3. The van der Waals surface area contributed by atoms with Crippen molar-refractivity contribution in [1.82, 2.24) is 4.57 Å². The number of nitrogens with zero attached hydrogens (tertiary/aromatic N) is 2. The molecule has 3 aromatic carbocycles. The Labute approximate surface area is 188 Å². The summed E-state index contributed by atoms with van der Waals surface area (Å²) in [5.41, 5.74) is 2.62. The SMILES string of the molecule is COCCn1c(=NC(=O)C2c3ccccc3Oc3ccccc32)sc2cc(Cl)ccc21. The lowest BCUT2D eigenvalue weighted by atomic mass is 9.87. The standard InChI is InChI=1S/C24H19ClN2O3S/c1-29-13-12-27-18-11-10-15(25)14-21(18)31-24(27)26-23(28)22-16-6-2-4-8-19(16)30-20-9-5-3-7-17(20)22/h2-11,14,22H,12-13H2,1H3. The molecule has 4 aromatic rings. The number of methoxy groups -OCH3 is 1. The lowest BCUT2D eigenvalue weighted by Crippen LogP contribution is -2.23. The number of hydrogen-bond acceptors (Lipinski definition) is 4. The van der Waals surface area contributed by atoms with Gasteiger partial charge in [-0.2, -0.15) is 4.99 Å². The van der Waals surface area contributed by atoms with E-state index in [9.17, 15) is 4.79 Å². The van der Waals surface area contributed by atoms with Gasteiger partial charge in [0.15, 0.2) is 4.80 Å². The number of para-hydroxylation sites is 2. The molecule has 0 N–H and O–H groups in total. The Morgan fingerprint density at radius 1 is 1.10 bits per heavy atom. The van der Waals surface area contributed by atoms with E-state index in [0.29, 0.717) is 34.5 Å². The van der Waals surface area contributed by atoms with Gasteiger partial charge in [0.25, 0.3) is 5.91 Å². The molecule has 1 aliphatic rings. The van der Waals surface area contributed by atoms with Crippen molar-refractivity contribution in [2.24, 2.45) is 4.99 Å². The number of amides is 1. The number of halogens is 1. The highest BCUT2D eigenvalue weighted by Gasteiger charge is 2.32. The second kappa shape index (κ2) is 8.30. The van der Waals surface area contributed by atoms with Gasteiger partial charge in [0.2, 0.25) is 0 Å². The lowest BCUT2D eigenvalue weighted by Gasteiger charge is -2.25. The number of hydrogen-bond donors (Lipinski definition) is 0. The monoisotopic (exact) mass is 450 g/mol. The lowest BCUT2D eigenvalue weighted by molar-refractivity contribution is -0.118. The van der Waals surface area contributed by atoms with Crippen LogP contribution in [0.4, 0.5) is 0 Å². The average molecular weight is 451 g/mol. The van der Waals surface area contributed by atoms with Crippen LogP contribution in [0.3, 0.4) is 0 Å². The van der Waals surface area contributed by atoms with Gasteiger partial charge in [0.1, 0.15) is 11.5 Å². The van der Waals surface area contributed by atoms with Crippen LogP contribution in [0.5, 0.6) is 11.5 Å². The first kappa shape index (κ1) is 20.0. The summed E-state index contributed by atoms with van der Waals surface area (Å²) in [5.74, 6) is 0.619. The van der Waals surface area contributed by atoms with Crippen molar-refractivity contribution in [1.29, 1.82) is 0 Å². The Balaban J connectivity index is 1.66. The summed E-state index contributed by atoms with van der Waals surface area (Å²) in [5, 5.41) is 0.651. The summed E-state index contributed by atoms with van der Waals surface area (Å²) in [7, 11) is 1.66. The van der Waals surface area contributed by atoms with Crippen molar-refractivity contribution in [3.8, 4) is 11.5 Å². The molecular formula is C24H19ClN2O3S. The van der Waals surface area contributed by atoms with E-state index in [-0.39, 0.29) is 5.91 Å². The Morgan fingerprint density at radius 3 is 2.45 bits per heavy atom. The quantitative estimate of drug-likeness (QED) is 0.420. The van der Waals surface area contributed by atoms with E-state index in [0.717, 1.165) is 21.3 Å². The van der Waals surface area contributed by atoms with Gasteiger partial charge in [-0.1, -0.05) is 59.3 Å². The number of benzene rings is 3. The summed E-state index contributed by atoms with van der Waals surface area (Å²) in [6.07, 6.45) is 0.